The van der Waals surface area contributed by atoms with Crippen molar-refractivity contribution in [2.45, 2.75) is 40.7 Å². The Bertz CT molecular complexity index is 1000. The van der Waals surface area contributed by atoms with Gasteiger partial charge in [-0.15, -0.1) is 0 Å². The predicted molar refractivity (Wildman–Crippen MR) is 114 cm³/mol. The van der Waals surface area contributed by atoms with Crippen molar-refractivity contribution >= 4 is 35.0 Å². The first-order chi connectivity index (χ1) is 13.7. The zero-order chi connectivity index (χ0) is 21.3. The first-order valence-electron chi connectivity index (χ1n) is 9.48. The summed E-state index contributed by atoms with van der Waals surface area (Å²) in [5.74, 6) is -0.597. The number of esters is 1. The molecule has 152 valence electrons. The number of rotatable bonds is 5. The van der Waals surface area contributed by atoms with Crippen molar-refractivity contribution in [2.24, 2.45) is 0 Å². The Morgan fingerprint density at radius 2 is 1.83 bits per heavy atom. The predicted octanol–water partition coefficient (Wildman–Crippen LogP) is 4.72. The summed E-state index contributed by atoms with van der Waals surface area (Å²) in [7, 11) is 0. The number of amides is 2. The molecule has 29 heavy (non-hydrogen) atoms. The minimum atomic E-state index is -0.346. The molecular formula is C22H24N2O4S. The number of benzene rings is 1. The minimum absolute atomic E-state index is 0.168. The third-order valence-electron chi connectivity index (χ3n) is 4.73. The monoisotopic (exact) mass is 412 g/mol. The third kappa shape index (κ3) is 4.00. The first-order valence-corrected chi connectivity index (χ1v) is 10.3. The molecule has 2 heterocycles. The average molecular weight is 413 g/mol. The second kappa shape index (κ2) is 8.29. The van der Waals surface area contributed by atoms with E-state index in [1.807, 2.05) is 50.5 Å². The summed E-state index contributed by atoms with van der Waals surface area (Å²) in [6, 6.07) is 9.02. The molecule has 1 aliphatic heterocycles. The smallest absolute Gasteiger partial charge is 0.338 e. The SMILES string of the molecule is CCOC(=O)c1ccc(-n2c(C)cc(/C=C3\SC(=O)N(C(C)C)C3=O)c2C)cc1. The number of ether oxygens (including phenoxy) is 1. The molecule has 2 aromatic rings. The average Bonchev–Trinajstić information content (AvgIpc) is 3.10. The van der Waals surface area contributed by atoms with E-state index in [1.165, 1.54) is 4.90 Å². The van der Waals surface area contributed by atoms with Gasteiger partial charge in [0.2, 0.25) is 0 Å². The van der Waals surface area contributed by atoms with Gasteiger partial charge in [0, 0.05) is 23.1 Å². The van der Waals surface area contributed by atoms with Crippen LogP contribution in [0, 0.1) is 13.8 Å². The fraction of sp³-hybridized carbons (Fsp3) is 0.318. The Kier molecular flexibility index (Phi) is 5.98. The van der Waals surface area contributed by atoms with E-state index in [1.54, 1.807) is 25.1 Å². The van der Waals surface area contributed by atoms with Gasteiger partial charge in [0.15, 0.2) is 0 Å². The molecule has 1 aliphatic rings. The molecule has 0 radical (unpaired) electrons. The highest BCUT2D eigenvalue weighted by Gasteiger charge is 2.36. The molecule has 0 aliphatic carbocycles. The van der Waals surface area contributed by atoms with Gasteiger partial charge in [-0.25, -0.2) is 4.79 Å². The molecule has 1 aromatic heterocycles. The van der Waals surface area contributed by atoms with Crippen molar-refractivity contribution in [1.82, 2.24) is 9.47 Å². The normalized spacial score (nSPS) is 15.7. The summed E-state index contributed by atoms with van der Waals surface area (Å²) in [5, 5.41) is -0.236. The Labute approximate surface area is 174 Å². The van der Waals surface area contributed by atoms with E-state index in [2.05, 4.69) is 0 Å². The lowest BCUT2D eigenvalue weighted by atomic mass is 10.2. The maximum atomic E-state index is 12.6. The molecule has 0 N–H and O–H groups in total. The van der Waals surface area contributed by atoms with Crippen molar-refractivity contribution in [3.63, 3.8) is 0 Å². The van der Waals surface area contributed by atoms with Crippen LogP contribution in [0.1, 0.15) is 48.1 Å². The van der Waals surface area contributed by atoms with Gasteiger partial charge in [-0.3, -0.25) is 14.5 Å². The van der Waals surface area contributed by atoms with Gasteiger partial charge in [-0.2, -0.15) is 0 Å². The van der Waals surface area contributed by atoms with Gasteiger partial charge >= 0.3 is 5.97 Å². The van der Waals surface area contributed by atoms with Crippen LogP contribution < -0.4 is 0 Å². The topological polar surface area (TPSA) is 68.6 Å². The largest absolute Gasteiger partial charge is 0.462 e. The summed E-state index contributed by atoms with van der Waals surface area (Å²) in [4.78, 5) is 38.2. The number of nitrogens with zero attached hydrogens (tertiary/aromatic N) is 2. The Hall–Kier alpha value is -2.80. The third-order valence-corrected chi connectivity index (χ3v) is 5.62. The van der Waals surface area contributed by atoms with Crippen molar-refractivity contribution in [3.8, 4) is 5.69 Å². The fourth-order valence-corrected chi connectivity index (χ4v) is 4.31. The van der Waals surface area contributed by atoms with Crippen molar-refractivity contribution in [3.05, 3.63) is 57.8 Å². The number of hydrogen-bond acceptors (Lipinski definition) is 5. The van der Waals surface area contributed by atoms with Crippen LogP contribution in [0.2, 0.25) is 0 Å². The lowest BCUT2D eigenvalue weighted by Crippen LogP contribution is -2.34. The molecule has 0 unspecified atom stereocenters. The van der Waals surface area contributed by atoms with Crippen LogP contribution in [0.3, 0.4) is 0 Å². The standard InChI is InChI=1S/C22H24N2O4S/c1-6-28-21(26)16-7-9-18(10-8-16)24-14(4)11-17(15(24)5)12-19-20(25)23(13(2)3)22(27)29-19/h7-13H,6H2,1-5H3/b19-12-. The minimum Gasteiger partial charge on any atom is -0.462 e. The number of imide groups is 1. The van der Waals surface area contributed by atoms with E-state index in [4.69, 9.17) is 4.74 Å². The first kappa shape index (κ1) is 20.9. The molecule has 0 bridgehead atoms. The number of aryl methyl sites for hydroxylation is 1. The fourth-order valence-electron chi connectivity index (χ4n) is 3.36. The van der Waals surface area contributed by atoms with Crippen LogP contribution in [0.25, 0.3) is 11.8 Å². The number of hydrogen-bond donors (Lipinski definition) is 0. The highest BCUT2D eigenvalue weighted by atomic mass is 32.2. The van der Waals surface area contributed by atoms with E-state index in [9.17, 15) is 14.4 Å². The lowest BCUT2D eigenvalue weighted by Gasteiger charge is -2.16. The summed E-state index contributed by atoms with van der Waals surface area (Å²) in [6.07, 6.45) is 1.78. The van der Waals surface area contributed by atoms with Gasteiger partial charge in [-0.05, 0) is 88.4 Å². The molecule has 0 atom stereocenters. The molecule has 2 amide bonds. The van der Waals surface area contributed by atoms with Gasteiger partial charge in [0.1, 0.15) is 0 Å². The maximum Gasteiger partial charge on any atom is 0.338 e. The summed E-state index contributed by atoms with van der Waals surface area (Å²) >= 11 is 0.972. The van der Waals surface area contributed by atoms with E-state index >= 15 is 0 Å². The molecule has 1 aromatic carbocycles. The summed E-state index contributed by atoms with van der Waals surface area (Å²) in [5.41, 5.74) is 4.22. The van der Waals surface area contributed by atoms with E-state index < -0.39 is 0 Å². The van der Waals surface area contributed by atoms with E-state index in [0.717, 1.165) is 34.4 Å². The van der Waals surface area contributed by atoms with E-state index in [0.29, 0.717) is 17.1 Å². The molecular weight excluding hydrogens is 388 g/mol. The number of carbonyl (C=O) groups excluding carboxylic acids is 3. The Morgan fingerprint density at radius 1 is 1.17 bits per heavy atom. The highest BCUT2D eigenvalue weighted by molar-refractivity contribution is 8.18. The number of carbonyl (C=O) groups is 3. The summed E-state index contributed by atoms with van der Waals surface area (Å²) in [6.45, 7) is 9.70. The molecule has 7 heteroatoms. The van der Waals surface area contributed by atoms with Crippen molar-refractivity contribution in [1.29, 1.82) is 0 Å². The molecule has 0 saturated carbocycles. The van der Waals surface area contributed by atoms with Crippen LogP contribution in [-0.2, 0) is 9.53 Å². The van der Waals surface area contributed by atoms with Gasteiger partial charge in [-0.1, -0.05) is 0 Å². The van der Waals surface area contributed by atoms with Crippen LogP contribution in [0.4, 0.5) is 4.79 Å². The van der Waals surface area contributed by atoms with Crippen molar-refractivity contribution < 1.29 is 19.1 Å². The lowest BCUT2D eigenvalue weighted by molar-refractivity contribution is -0.123. The van der Waals surface area contributed by atoms with Crippen LogP contribution in [-0.4, -0.2) is 39.2 Å². The maximum absolute atomic E-state index is 12.6. The van der Waals surface area contributed by atoms with Gasteiger partial charge in [0.25, 0.3) is 11.1 Å². The number of aromatic nitrogens is 1. The highest BCUT2D eigenvalue weighted by Crippen LogP contribution is 2.34. The molecule has 0 spiro atoms. The summed E-state index contributed by atoms with van der Waals surface area (Å²) < 4.78 is 7.07. The molecule has 6 nitrogen and oxygen atoms in total. The Balaban J connectivity index is 1.93. The zero-order valence-electron chi connectivity index (χ0n) is 17.2. The molecule has 1 saturated heterocycles. The molecule has 3 rings (SSSR count). The second-order valence-electron chi connectivity index (χ2n) is 7.07. The van der Waals surface area contributed by atoms with Crippen LogP contribution >= 0.6 is 11.8 Å². The Morgan fingerprint density at radius 3 is 2.38 bits per heavy atom. The van der Waals surface area contributed by atoms with Gasteiger partial charge in [0.05, 0.1) is 17.1 Å². The van der Waals surface area contributed by atoms with E-state index in [-0.39, 0.29) is 23.2 Å². The molecule has 1 fully saturated rings. The van der Waals surface area contributed by atoms with Gasteiger partial charge < -0.3 is 9.30 Å². The van der Waals surface area contributed by atoms with Crippen LogP contribution in [0.15, 0.2) is 35.2 Å². The number of thioether (sulfide) groups is 1. The van der Waals surface area contributed by atoms with Crippen LogP contribution in [0.5, 0.6) is 0 Å². The second-order valence-corrected chi connectivity index (χ2v) is 8.07. The quantitative estimate of drug-likeness (QED) is 0.525. The zero-order valence-corrected chi connectivity index (χ0v) is 18.0. The van der Waals surface area contributed by atoms with Crippen molar-refractivity contribution in [2.75, 3.05) is 6.61 Å².